The van der Waals surface area contributed by atoms with Crippen molar-refractivity contribution in [2.24, 2.45) is 12.8 Å². The van der Waals surface area contributed by atoms with Crippen molar-refractivity contribution >= 4 is 0 Å². The van der Waals surface area contributed by atoms with Gasteiger partial charge in [0.2, 0.25) is 0 Å². The third-order valence-corrected chi connectivity index (χ3v) is 3.17. The molecular weight excluding hydrogens is 226 g/mol. The summed E-state index contributed by atoms with van der Waals surface area (Å²) in [4.78, 5) is 0. The number of nitrogens with two attached hydrogens (primary N) is 1. The number of hydrogen-bond acceptors (Lipinski definition) is 4. The normalized spacial score (nSPS) is 12.7. The molecular formula is C13H19N5. The lowest BCUT2D eigenvalue weighted by Gasteiger charge is -2.14. The van der Waals surface area contributed by atoms with Crippen molar-refractivity contribution < 1.29 is 0 Å². The highest BCUT2D eigenvalue weighted by Gasteiger charge is 2.12. The van der Waals surface area contributed by atoms with Crippen LogP contribution in [0.15, 0.2) is 18.3 Å². The third-order valence-electron chi connectivity index (χ3n) is 3.17. The van der Waals surface area contributed by atoms with E-state index in [0.29, 0.717) is 0 Å². The van der Waals surface area contributed by atoms with E-state index in [2.05, 4.69) is 15.3 Å². The minimum Gasteiger partial charge on any atom is -0.324 e. The highest BCUT2D eigenvalue weighted by Crippen LogP contribution is 2.19. The maximum absolute atomic E-state index is 6.23. The number of aromatic nitrogens is 4. The molecule has 2 heterocycles. The van der Waals surface area contributed by atoms with Crippen LogP contribution in [0, 0.1) is 13.8 Å². The molecule has 1 unspecified atom stereocenters. The minimum atomic E-state index is -0.00546. The van der Waals surface area contributed by atoms with Gasteiger partial charge in [0.1, 0.15) is 0 Å². The number of aryl methyl sites for hydroxylation is 4. The molecule has 0 aliphatic heterocycles. The fraction of sp³-hybridized carbons (Fsp3) is 0.462. The highest BCUT2D eigenvalue weighted by molar-refractivity contribution is 5.23. The minimum absolute atomic E-state index is 0.00546. The van der Waals surface area contributed by atoms with Crippen molar-refractivity contribution in [3.05, 3.63) is 41.0 Å². The van der Waals surface area contributed by atoms with Gasteiger partial charge >= 0.3 is 0 Å². The first-order valence-corrected chi connectivity index (χ1v) is 6.11. The van der Waals surface area contributed by atoms with E-state index in [9.17, 15) is 0 Å². The zero-order valence-electron chi connectivity index (χ0n) is 11.1. The fourth-order valence-corrected chi connectivity index (χ4v) is 2.05. The van der Waals surface area contributed by atoms with E-state index in [1.54, 1.807) is 0 Å². The summed E-state index contributed by atoms with van der Waals surface area (Å²) in [6, 6.07) is 4.04. The molecule has 0 aliphatic rings. The van der Waals surface area contributed by atoms with Gasteiger partial charge in [0.15, 0.2) is 0 Å². The molecule has 2 N–H and O–H groups in total. The van der Waals surface area contributed by atoms with Gasteiger partial charge in [0.05, 0.1) is 11.4 Å². The Bertz CT molecular complexity index is 532. The first-order chi connectivity index (χ1) is 8.58. The van der Waals surface area contributed by atoms with Crippen LogP contribution in [0.5, 0.6) is 0 Å². The lowest BCUT2D eigenvalue weighted by Crippen LogP contribution is -2.15. The molecule has 5 heteroatoms. The Kier molecular flexibility index (Phi) is 3.72. The SMILES string of the molecule is Cc1cc(C(N)CCc2ccnn2C)c(C)nn1. The van der Waals surface area contributed by atoms with Crippen molar-refractivity contribution in [1.82, 2.24) is 20.0 Å². The van der Waals surface area contributed by atoms with Gasteiger partial charge in [0, 0.05) is 25.0 Å². The summed E-state index contributed by atoms with van der Waals surface area (Å²) in [5.41, 5.74) is 10.3. The second kappa shape index (κ2) is 5.27. The van der Waals surface area contributed by atoms with Gasteiger partial charge in [0.25, 0.3) is 0 Å². The maximum atomic E-state index is 6.23. The van der Waals surface area contributed by atoms with E-state index < -0.39 is 0 Å². The van der Waals surface area contributed by atoms with Crippen LogP contribution < -0.4 is 5.73 Å². The summed E-state index contributed by atoms with van der Waals surface area (Å²) >= 11 is 0. The van der Waals surface area contributed by atoms with Crippen molar-refractivity contribution in [1.29, 1.82) is 0 Å². The molecule has 0 amide bonds. The Morgan fingerprint density at radius 2 is 2.11 bits per heavy atom. The summed E-state index contributed by atoms with van der Waals surface area (Å²) in [7, 11) is 1.95. The Morgan fingerprint density at radius 3 is 2.78 bits per heavy atom. The van der Waals surface area contributed by atoms with E-state index >= 15 is 0 Å². The average molecular weight is 245 g/mol. The van der Waals surface area contributed by atoms with Gasteiger partial charge in [-0.25, -0.2) is 0 Å². The summed E-state index contributed by atoms with van der Waals surface area (Å²) in [5, 5.41) is 12.3. The van der Waals surface area contributed by atoms with Crippen molar-refractivity contribution in [2.45, 2.75) is 32.7 Å². The van der Waals surface area contributed by atoms with Gasteiger partial charge in [-0.15, -0.1) is 0 Å². The molecule has 0 saturated carbocycles. The van der Waals surface area contributed by atoms with Crippen LogP contribution in [0.1, 0.15) is 35.1 Å². The molecule has 5 nitrogen and oxygen atoms in total. The van der Waals surface area contributed by atoms with E-state index in [1.165, 1.54) is 5.69 Å². The molecule has 0 aromatic carbocycles. The molecule has 0 saturated heterocycles. The predicted octanol–water partition coefficient (Wildman–Crippen LogP) is 1.46. The first kappa shape index (κ1) is 12.7. The van der Waals surface area contributed by atoms with Gasteiger partial charge in [-0.05, 0) is 44.4 Å². The molecule has 2 aromatic rings. The van der Waals surface area contributed by atoms with E-state index in [0.717, 1.165) is 29.8 Å². The topological polar surface area (TPSA) is 69.6 Å². The molecule has 2 rings (SSSR count). The third kappa shape index (κ3) is 2.73. The maximum Gasteiger partial charge on any atom is 0.0648 e. The van der Waals surface area contributed by atoms with Gasteiger partial charge in [-0.2, -0.15) is 15.3 Å². The second-order valence-corrected chi connectivity index (χ2v) is 4.62. The van der Waals surface area contributed by atoms with Gasteiger partial charge < -0.3 is 5.73 Å². The smallest absolute Gasteiger partial charge is 0.0648 e. The zero-order valence-corrected chi connectivity index (χ0v) is 11.1. The Morgan fingerprint density at radius 1 is 1.33 bits per heavy atom. The summed E-state index contributed by atoms with van der Waals surface area (Å²) in [5.74, 6) is 0. The van der Waals surface area contributed by atoms with Crippen LogP contribution in [0.4, 0.5) is 0 Å². The summed E-state index contributed by atoms with van der Waals surface area (Å²) in [6.07, 6.45) is 3.61. The van der Waals surface area contributed by atoms with E-state index in [4.69, 9.17) is 5.73 Å². The van der Waals surface area contributed by atoms with Crippen LogP contribution >= 0.6 is 0 Å². The van der Waals surface area contributed by atoms with Crippen LogP contribution in [0.3, 0.4) is 0 Å². The Hall–Kier alpha value is -1.75. The van der Waals surface area contributed by atoms with E-state index in [-0.39, 0.29) is 6.04 Å². The van der Waals surface area contributed by atoms with Crippen LogP contribution in [-0.4, -0.2) is 20.0 Å². The van der Waals surface area contributed by atoms with Gasteiger partial charge in [-0.3, -0.25) is 4.68 Å². The van der Waals surface area contributed by atoms with E-state index in [1.807, 2.05) is 43.9 Å². The molecule has 18 heavy (non-hydrogen) atoms. The lowest BCUT2D eigenvalue weighted by atomic mass is 10.0. The molecule has 0 bridgehead atoms. The van der Waals surface area contributed by atoms with Gasteiger partial charge in [-0.1, -0.05) is 0 Å². The quantitative estimate of drug-likeness (QED) is 0.885. The zero-order chi connectivity index (χ0) is 13.1. The average Bonchev–Trinajstić information content (AvgIpc) is 2.75. The van der Waals surface area contributed by atoms with Crippen molar-refractivity contribution in [3.8, 4) is 0 Å². The van der Waals surface area contributed by atoms with Crippen LogP contribution in [0.2, 0.25) is 0 Å². The molecule has 96 valence electrons. The lowest BCUT2D eigenvalue weighted by molar-refractivity contribution is 0.606. The fourth-order valence-electron chi connectivity index (χ4n) is 2.05. The van der Waals surface area contributed by atoms with Crippen LogP contribution in [0.25, 0.3) is 0 Å². The summed E-state index contributed by atoms with van der Waals surface area (Å²) < 4.78 is 1.88. The van der Waals surface area contributed by atoms with Crippen molar-refractivity contribution in [3.63, 3.8) is 0 Å². The number of hydrogen-bond donors (Lipinski definition) is 1. The Balaban J connectivity index is 2.06. The molecule has 1 atom stereocenters. The monoisotopic (exact) mass is 245 g/mol. The van der Waals surface area contributed by atoms with Crippen LogP contribution in [-0.2, 0) is 13.5 Å². The molecule has 2 aromatic heterocycles. The molecule has 0 spiro atoms. The number of nitrogens with zero attached hydrogens (tertiary/aromatic N) is 4. The number of rotatable bonds is 4. The molecule has 0 radical (unpaired) electrons. The Labute approximate surface area is 107 Å². The molecule has 0 aliphatic carbocycles. The first-order valence-electron chi connectivity index (χ1n) is 6.11. The highest BCUT2D eigenvalue weighted by atomic mass is 15.2. The standard InChI is InChI=1S/C13H19N5/c1-9-8-12(10(2)17-16-9)13(14)5-4-11-6-7-15-18(11)3/h6-8,13H,4-5,14H2,1-3H3. The van der Waals surface area contributed by atoms with Crippen molar-refractivity contribution in [2.75, 3.05) is 0 Å². The molecule has 0 fully saturated rings. The summed E-state index contributed by atoms with van der Waals surface area (Å²) in [6.45, 7) is 3.88. The predicted molar refractivity (Wildman–Crippen MR) is 70.0 cm³/mol. The largest absolute Gasteiger partial charge is 0.324 e. The second-order valence-electron chi connectivity index (χ2n) is 4.62.